The first-order valence-electron chi connectivity index (χ1n) is 6.54. The maximum atomic E-state index is 9.26. The van der Waals surface area contributed by atoms with Gasteiger partial charge in [0.25, 0.3) is 0 Å². The molecular weight excluding hydrogens is 240 g/mol. The van der Waals surface area contributed by atoms with Crippen molar-refractivity contribution >= 4 is 11.8 Å². The van der Waals surface area contributed by atoms with Crippen LogP contribution in [0, 0.1) is 11.3 Å². The summed E-state index contributed by atoms with van der Waals surface area (Å²) in [5, 5.41) is 13.6. The van der Waals surface area contributed by atoms with Crippen molar-refractivity contribution in [2.24, 2.45) is 0 Å². The van der Waals surface area contributed by atoms with E-state index in [1.54, 1.807) is 0 Å². The second kappa shape index (κ2) is 6.82. The average molecular weight is 260 g/mol. The SMILES string of the molecule is CSC1CCC(NCC(C#N)c2ccccc2)C1. The summed E-state index contributed by atoms with van der Waals surface area (Å²) in [7, 11) is 0. The molecule has 1 N–H and O–H groups in total. The van der Waals surface area contributed by atoms with Gasteiger partial charge in [-0.15, -0.1) is 0 Å². The number of nitrogens with zero attached hydrogens (tertiary/aromatic N) is 1. The van der Waals surface area contributed by atoms with Gasteiger partial charge in [0.1, 0.15) is 0 Å². The van der Waals surface area contributed by atoms with Crippen LogP contribution in [0.3, 0.4) is 0 Å². The fraction of sp³-hybridized carbons (Fsp3) is 0.533. The minimum absolute atomic E-state index is 0.0282. The van der Waals surface area contributed by atoms with Crippen LogP contribution < -0.4 is 5.32 Å². The van der Waals surface area contributed by atoms with E-state index >= 15 is 0 Å². The number of nitrogens with one attached hydrogen (secondary N) is 1. The molecule has 0 aliphatic heterocycles. The second-order valence-electron chi connectivity index (χ2n) is 4.87. The molecular formula is C15H20N2S. The highest BCUT2D eigenvalue weighted by Gasteiger charge is 2.24. The largest absolute Gasteiger partial charge is 0.312 e. The summed E-state index contributed by atoms with van der Waals surface area (Å²) in [4.78, 5) is 0. The standard InChI is InChI=1S/C15H20N2S/c1-18-15-8-7-14(9-15)17-11-13(10-16)12-5-3-2-4-6-12/h2-6,13-15,17H,7-9,11H2,1H3. The van der Waals surface area contributed by atoms with Crippen LogP contribution in [0.15, 0.2) is 30.3 Å². The molecule has 1 fully saturated rings. The summed E-state index contributed by atoms with van der Waals surface area (Å²) in [5.74, 6) is -0.0282. The summed E-state index contributed by atoms with van der Waals surface area (Å²) >= 11 is 1.97. The zero-order valence-electron chi connectivity index (χ0n) is 10.8. The zero-order valence-corrected chi connectivity index (χ0v) is 11.6. The van der Waals surface area contributed by atoms with Gasteiger partial charge in [-0.25, -0.2) is 0 Å². The van der Waals surface area contributed by atoms with Crippen LogP contribution in [0.2, 0.25) is 0 Å². The molecule has 1 aromatic carbocycles. The zero-order chi connectivity index (χ0) is 12.8. The number of hydrogen-bond donors (Lipinski definition) is 1. The van der Waals surface area contributed by atoms with Crippen LogP contribution in [0.25, 0.3) is 0 Å². The molecule has 2 nitrogen and oxygen atoms in total. The molecule has 96 valence electrons. The quantitative estimate of drug-likeness (QED) is 0.883. The van der Waals surface area contributed by atoms with Gasteiger partial charge < -0.3 is 5.32 Å². The molecule has 1 aliphatic rings. The molecule has 3 unspecified atom stereocenters. The highest BCUT2D eigenvalue weighted by molar-refractivity contribution is 7.99. The van der Waals surface area contributed by atoms with E-state index < -0.39 is 0 Å². The van der Waals surface area contributed by atoms with Crippen molar-refractivity contribution < 1.29 is 0 Å². The normalized spacial score (nSPS) is 24.7. The molecule has 0 heterocycles. The summed E-state index contributed by atoms with van der Waals surface area (Å²) < 4.78 is 0. The minimum atomic E-state index is -0.0282. The van der Waals surface area contributed by atoms with Gasteiger partial charge in [-0.3, -0.25) is 0 Å². The van der Waals surface area contributed by atoms with Crippen molar-refractivity contribution in [2.45, 2.75) is 36.5 Å². The molecule has 2 rings (SSSR count). The lowest BCUT2D eigenvalue weighted by Gasteiger charge is -2.16. The maximum Gasteiger partial charge on any atom is 0.0837 e. The van der Waals surface area contributed by atoms with E-state index in [1.807, 2.05) is 42.1 Å². The fourth-order valence-corrected chi connectivity index (χ4v) is 3.34. The van der Waals surface area contributed by atoms with Gasteiger partial charge in [-0.2, -0.15) is 17.0 Å². The molecule has 18 heavy (non-hydrogen) atoms. The van der Waals surface area contributed by atoms with E-state index in [0.717, 1.165) is 17.4 Å². The van der Waals surface area contributed by atoms with Gasteiger partial charge in [0.05, 0.1) is 12.0 Å². The molecule has 0 aromatic heterocycles. The number of rotatable bonds is 5. The lowest BCUT2D eigenvalue weighted by molar-refractivity contribution is 0.515. The monoisotopic (exact) mass is 260 g/mol. The lowest BCUT2D eigenvalue weighted by atomic mass is 10.0. The van der Waals surface area contributed by atoms with Crippen LogP contribution in [0.4, 0.5) is 0 Å². The highest BCUT2D eigenvalue weighted by atomic mass is 32.2. The minimum Gasteiger partial charge on any atom is -0.312 e. The molecule has 0 radical (unpaired) electrons. The van der Waals surface area contributed by atoms with Gasteiger partial charge in [0, 0.05) is 17.8 Å². The van der Waals surface area contributed by atoms with Crippen molar-refractivity contribution in [3.8, 4) is 6.07 Å². The Morgan fingerprint density at radius 2 is 2.17 bits per heavy atom. The fourth-order valence-electron chi connectivity index (χ4n) is 2.55. The number of benzene rings is 1. The van der Waals surface area contributed by atoms with Gasteiger partial charge >= 0.3 is 0 Å². The van der Waals surface area contributed by atoms with Crippen LogP contribution in [-0.2, 0) is 0 Å². The second-order valence-corrected chi connectivity index (χ2v) is 6.01. The first kappa shape index (κ1) is 13.5. The van der Waals surface area contributed by atoms with E-state index in [1.165, 1.54) is 19.3 Å². The molecule has 0 spiro atoms. The molecule has 0 amide bonds. The predicted molar refractivity (Wildman–Crippen MR) is 77.7 cm³/mol. The molecule has 0 bridgehead atoms. The van der Waals surface area contributed by atoms with E-state index in [9.17, 15) is 5.26 Å². The van der Waals surface area contributed by atoms with Crippen molar-refractivity contribution in [3.05, 3.63) is 35.9 Å². The Bertz CT molecular complexity index is 399. The highest BCUT2D eigenvalue weighted by Crippen LogP contribution is 2.28. The summed E-state index contributed by atoms with van der Waals surface area (Å²) in [6.07, 6.45) is 5.99. The summed E-state index contributed by atoms with van der Waals surface area (Å²) in [6.45, 7) is 0.770. The third kappa shape index (κ3) is 3.51. The summed E-state index contributed by atoms with van der Waals surface area (Å²) in [6, 6.07) is 13.1. The van der Waals surface area contributed by atoms with Crippen molar-refractivity contribution in [2.75, 3.05) is 12.8 Å². The van der Waals surface area contributed by atoms with Crippen LogP contribution >= 0.6 is 11.8 Å². The van der Waals surface area contributed by atoms with Gasteiger partial charge in [-0.1, -0.05) is 30.3 Å². The van der Waals surface area contributed by atoms with Crippen molar-refractivity contribution in [1.82, 2.24) is 5.32 Å². The lowest BCUT2D eigenvalue weighted by Crippen LogP contribution is -2.30. The Balaban J connectivity index is 1.84. The third-order valence-corrected chi connectivity index (χ3v) is 4.78. The Kier molecular flexibility index (Phi) is 5.10. The van der Waals surface area contributed by atoms with Crippen LogP contribution in [0.1, 0.15) is 30.7 Å². The molecule has 1 saturated carbocycles. The van der Waals surface area contributed by atoms with Gasteiger partial charge in [0.15, 0.2) is 0 Å². The predicted octanol–water partition coefficient (Wildman–Crippen LogP) is 3.17. The molecule has 3 heteroatoms. The smallest absolute Gasteiger partial charge is 0.0837 e. The number of hydrogen-bond acceptors (Lipinski definition) is 3. The molecule has 0 saturated heterocycles. The van der Waals surface area contributed by atoms with Crippen molar-refractivity contribution in [3.63, 3.8) is 0 Å². The average Bonchev–Trinajstić information content (AvgIpc) is 2.89. The van der Waals surface area contributed by atoms with Gasteiger partial charge in [0.2, 0.25) is 0 Å². The third-order valence-electron chi connectivity index (χ3n) is 3.69. The maximum absolute atomic E-state index is 9.26. The Labute approximate surface area is 114 Å². The topological polar surface area (TPSA) is 35.8 Å². The first-order chi connectivity index (χ1) is 8.83. The van der Waals surface area contributed by atoms with Crippen LogP contribution in [0.5, 0.6) is 0 Å². The van der Waals surface area contributed by atoms with Gasteiger partial charge in [-0.05, 0) is 31.1 Å². The Morgan fingerprint density at radius 1 is 1.39 bits per heavy atom. The Hall–Kier alpha value is -0.980. The van der Waals surface area contributed by atoms with E-state index in [-0.39, 0.29) is 5.92 Å². The number of nitriles is 1. The van der Waals surface area contributed by atoms with Crippen molar-refractivity contribution in [1.29, 1.82) is 5.26 Å². The molecule has 3 atom stereocenters. The number of thioether (sulfide) groups is 1. The molecule has 1 aromatic rings. The van der Waals surface area contributed by atoms with E-state index in [4.69, 9.17) is 0 Å². The Morgan fingerprint density at radius 3 is 2.78 bits per heavy atom. The molecule has 1 aliphatic carbocycles. The van der Waals surface area contributed by atoms with E-state index in [2.05, 4.69) is 17.6 Å². The van der Waals surface area contributed by atoms with E-state index in [0.29, 0.717) is 6.04 Å². The summed E-state index contributed by atoms with van der Waals surface area (Å²) in [5.41, 5.74) is 1.12. The van der Waals surface area contributed by atoms with Crippen LogP contribution in [-0.4, -0.2) is 24.1 Å². The first-order valence-corrected chi connectivity index (χ1v) is 7.83.